The average molecular weight is 194 g/mol. The summed E-state index contributed by atoms with van der Waals surface area (Å²) in [7, 11) is 0. The molecule has 9 nitrogen and oxygen atoms in total. The van der Waals surface area contributed by atoms with E-state index in [2.05, 4.69) is 14.8 Å². The molecule has 0 aliphatic rings. The van der Waals surface area contributed by atoms with Gasteiger partial charge in [-0.2, -0.15) is 0 Å². The zero-order valence-corrected chi connectivity index (χ0v) is 5.75. The van der Waals surface area contributed by atoms with E-state index in [0.717, 1.165) is 0 Å². The standard InChI is InChI=1S/C4H2O9/c5-1(6)3(9)11-13-12-4(10)2(7)8/h(H,5,6)(H,7,8). The lowest BCUT2D eigenvalue weighted by Gasteiger charge is -1.95. The summed E-state index contributed by atoms with van der Waals surface area (Å²) in [6.45, 7) is 0. The van der Waals surface area contributed by atoms with Crippen LogP contribution in [0.25, 0.3) is 0 Å². The fourth-order valence-corrected chi connectivity index (χ4v) is 0.150. The van der Waals surface area contributed by atoms with Crippen molar-refractivity contribution >= 4 is 23.9 Å². The highest BCUT2D eigenvalue weighted by atomic mass is 17.5. The molecule has 13 heavy (non-hydrogen) atoms. The van der Waals surface area contributed by atoms with E-state index in [1.807, 2.05) is 0 Å². The molecule has 0 rings (SSSR count). The molecule has 2 N–H and O–H groups in total. The van der Waals surface area contributed by atoms with Gasteiger partial charge < -0.3 is 10.2 Å². The molecule has 0 aromatic carbocycles. The summed E-state index contributed by atoms with van der Waals surface area (Å²) in [5.74, 6) is -7.71. The van der Waals surface area contributed by atoms with Gasteiger partial charge in [-0.1, -0.05) is 0 Å². The number of rotatable bonds is 2. The minimum absolute atomic E-state index is 1.86. The topological polar surface area (TPSA) is 136 Å². The molecule has 0 aliphatic heterocycles. The van der Waals surface area contributed by atoms with Crippen LogP contribution in [0.15, 0.2) is 0 Å². The van der Waals surface area contributed by atoms with Crippen LogP contribution in [0.2, 0.25) is 0 Å². The van der Waals surface area contributed by atoms with Crippen LogP contribution in [-0.4, -0.2) is 34.1 Å². The van der Waals surface area contributed by atoms with Crippen LogP contribution in [0.5, 0.6) is 0 Å². The summed E-state index contributed by atoms with van der Waals surface area (Å²) < 4.78 is 0. The van der Waals surface area contributed by atoms with E-state index < -0.39 is 23.9 Å². The van der Waals surface area contributed by atoms with Crippen molar-refractivity contribution in [2.45, 2.75) is 0 Å². The maximum atomic E-state index is 10.0. The number of carboxylic acids is 2. The second-order valence-corrected chi connectivity index (χ2v) is 1.42. The fraction of sp³-hybridized carbons (Fsp3) is 0. The first-order valence-corrected chi connectivity index (χ1v) is 2.51. The van der Waals surface area contributed by atoms with E-state index in [1.165, 1.54) is 0 Å². The second-order valence-electron chi connectivity index (χ2n) is 1.42. The predicted molar refractivity (Wildman–Crippen MR) is 28.5 cm³/mol. The summed E-state index contributed by atoms with van der Waals surface area (Å²) in [4.78, 5) is 46.0. The van der Waals surface area contributed by atoms with Crippen LogP contribution in [0.4, 0.5) is 0 Å². The zero-order valence-electron chi connectivity index (χ0n) is 5.75. The first-order chi connectivity index (χ1) is 5.95. The Morgan fingerprint density at radius 2 is 1.08 bits per heavy atom. The second kappa shape index (κ2) is 4.66. The van der Waals surface area contributed by atoms with E-state index in [0.29, 0.717) is 0 Å². The van der Waals surface area contributed by atoms with Gasteiger partial charge in [0.15, 0.2) is 0 Å². The van der Waals surface area contributed by atoms with Crippen molar-refractivity contribution < 1.29 is 44.2 Å². The molecular formula is C4H2O9. The van der Waals surface area contributed by atoms with Gasteiger partial charge in [-0.25, -0.2) is 29.0 Å². The quantitative estimate of drug-likeness (QED) is 0.293. The molecule has 72 valence electrons. The highest BCUT2D eigenvalue weighted by Crippen LogP contribution is 1.85. The SMILES string of the molecule is O=C(O)C(=O)OOOC(=O)C(=O)O. The van der Waals surface area contributed by atoms with Gasteiger partial charge in [0.1, 0.15) is 0 Å². The first-order valence-electron chi connectivity index (χ1n) is 2.51. The summed E-state index contributed by atoms with van der Waals surface area (Å²) in [5, 5.41) is 18.9. The molecule has 0 spiro atoms. The van der Waals surface area contributed by atoms with Crippen molar-refractivity contribution in [3.63, 3.8) is 0 Å². The van der Waals surface area contributed by atoms with E-state index in [4.69, 9.17) is 10.2 Å². The van der Waals surface area contributed by atoms with E-state index in [9.17, 15) is 19.2 Å². The van der Waals surface area contributed by atoms with E-state index in [1.54, 1.807) is 0 Å². The number of hydrogen-bond donors (Lipinski definition) is 2. The van der Waals surface area contributed by atoms with Gasteiger partial charge in [0.05, 0.1) is 0 Å². The lowest BCUT2D eigenvalue weighted by Crippen LogP contribution is -2.21. The molecule has 0 radical (unpaired) electrons. The van der Waals surface area contributed by atoms with Gasteiger partial charge in [0.25, 0.3) is 0 Å². The Morgan fingerprint density at radius 3 is 1.31 bits per heavy atom. The lowest BCUT2D eigenvalue weighted by atomic mass is 10.7. The molecule has 0 amide bonds. The Morgan fingerprint density at radius 1 is 0.769 bits per heavy atom. The average Bonchev–Trinajstić information content (AvgIpc) is 2.03. The Hall–Kier alpha value is -2.16. The molecule has 0 aliphatic carbocycles. The van der Waals surface area contributed by atoms with Crippen LogP contribution in [0.1, 0.15) is 0 Å². The number of aliphatic carboxylic acids is 2. The minimum atomic E-state index is -1.99. The largest absolute Gasteiger partial charge is 0.473 e. The molecule has 0 unspecified atom stereocenters. The van der Waals surface area contributed by atoms with Gasteiger partial charge in [-0.15, -0.1) is 0 Å². The molecule has 0 atom stereocenters. The third kappa shape index (κ3) is 4.31. The van der Waals surface area contributed by atoms with Gasteiger partial charge >= 0.3 is 23.9 Å². The summed E-state index contributed by atoms with van der Waals surface area (Å²) >= 11 is 0. The number of carbonyl (C=O) groups is 4. The van der Waals surface area contributed by atoms with Gasteiger partial charge in [0.2, 0.25) is 0 Å². The molecule has 0 aromatic rings. The van der Waals surface area contributed by atoms with Gasteiger partial charge in [-0.05, 0) is 0 Å². The molecule has 0 bridgehead atoms. The van der Waals surface area contributed by atoms with Crippen LogP contribution >= 0.6 is 0 Å². The molecule has 0 heterocycles. The molecular weight excluding hydrogens is 192 g/mol. The molecule has 0 fully saturated rings. The molecule has 9 heteroatoms. The molecule has 0 aromatic heterocycles. The summed E-state index contributed by atoms with van der Waals surface area (Å²) in [6.07, 6.45) is 0. The van der Waals surface area contributed by atoms with Crippen LogP contribution in [0, 0.1) is 0 Å². The minimum Gasteiger partial charge on any atom is -0.473 e. The highest BCUT2D eigenvalue weighted by molar-refractivity contribution is 6.29. The van der Waals surface area contributed by atoms with Crippen LogP contribution < -0.4 is 0 Å². The fourth-order valence-electron chi connectivity index (χ4n) is 0.150. The Labute approximate surface area is 69.3 Å². The van der Waals surface area contributed by atoms with Crippen molar-refractivity contribution in [2.24, 2.45) is 0 Å². The Balaban J connectivity index is 3.69. The third-order valence-corrected chi connectivity index (χ3v) is 0.569. The summed E-state index contributed by atoms with van der Waals surface area (Å²) in [6, 6.07) is 0. The number of carbonyl (C=O) groups excluding carboxylic acids is 2. The maximum absolute atomic E-state index is 10.0. The molecule has 0 saturated heterocycles. The van der Waals surface area contributed by atoms with Gasteiger partial charge in [-0.3, -0.25) is 0 Å². The lowest BCUT2D eigenvalue weighted by molar-refractivity contribution is -0.456. The predicted octanol–water partition coefficient (Wildman–Crippen LogP) is -1.91. The Bertz CT molecular complexity index is 226. The van der Waals surface area contributed by atoms with Crippen LogP contribution in [-0.2, 0) is 34.0 Å². The number of carboxylic acid groups (broad SMARTS) is 2. The highest BCUT2D eigenvalue weighted by Gasteiger charge is 2.19. The van der Waals surface area contributed by atoms with E-state index >= 15 is 0 Å². The molecule has 0 saturated carbocycles. The normalized spacial score (nSPS) is 8.62. The smallest absolute Gasteiger partial charge is 0.453 e. The Kier molecular flexibility index (Phi) is 3.89. The van der Waals surface area contributed by atoms with Crippen molar-refractivity contribution in [3.8, 4) is 0 Å². The third-order valence-electron chi connectivity index (χ3n) is 0.569. The monoisotopic (exact) mass is 194 g/mol. The first kappa shape index (κ1) is 10.8. The number of hydrogen-bond acceptors (Lipinski definition) is 7. The van der Waals surface area contributed by atoms with Crippen LogP contribution in [0.3, 0.4) is 0 Å². The summed E-state index contributed by atoms with van der Waals surface area (Å²) in [5.41, 5.74) is 0. The van der Waals surface area contributed by atoms with Crippen molar-refractivity contribution in [2.75, 3.05) is 0 Å². The van der Waals surface area contributed by atoms with E-state index in [-0.39, 0.29) is 0 Å². The maximum Gasteiger partial charge on any atom is 0.453 e. The van der Waals surface area contributed by atoms with Gasteiger partial charge in [0, 0.05) is 5.04 Å². The van der Waals surface area contributed by atoms with Crippen molar-refractivity contribution in [1.82, 2.24) is 0 Å². The van der Waals surface area contributed by atoms with Crippen molar-refractivity contribution in [1.29, 1.82) is 0 Å². The zero-order chi connectivity index (χ0) is 10.4. The van der Waals surface area contributed by atoms with Crippen molar-refractivity contribution in [3.05, 3.63) is 0 Å².